The van der Waals surface area contributed by atoms with Gasteiger partial charge in [-0.15, -0.1) is 6.58 Å². The van der Waals surface area contributed by atoms with Crippen molar-refractivity contribution < 1.29 is 4.79 Å². The van der Waals surface area contributed by atoms with Crippen molar-refractivity contribution in [3.63, 3.8) is 0 Å². The highest BCUT2D eigenvalue weighted by Gasteiger charge is 2.33. The molecule has 0 unspecified atom stereocenters. The summed E-state index contributed by atoms with van der Waals surface area (Å²) in [5.74, 6) is -0.223. The Hall–Kier alpha value is -0.740. The predicted octanol–water partition coefficient (Wildman–Crippen LogP) is 2.82. The van der Waals surface area contributed by atoms with Crippen molar-refractivity contribution >= 4 is 40.7 Å². The fraction of sp³-hybridized carbons (Fsp3) is 0.308. The van der Waals surface area contributed by atoms with Gasteiger partial charge in [0.1, 0.15) is 6.17 Å². The molecule has 0 saturated heterocycles. The lowest BCUT2D eigenvalue weighted by atomic mass is 10.1. The third-order valence-corrected chi connectivity index (χ3v) is 2.96. The average Bonchev–Trinajstić information content (AvgIpc) is 2.34. The summed E-state index contributed by atoms with van der Waals surface area (Å²) in [6.07, 6.45) is 1.08. The average molecular weight is 322 g/mol. The summed E-state index contributed by atoms with van der Waals surface area (Å²) in [6.45, 7) is 3.98. The number of carbonyl (C=O) groups is 1. The second-order valence-electron chi connectivity index (χ2n) is 3.90. The molecular weight excluding hydrogens is 307 g/mol. The lowest BCUT2D eigenvalue weighted by Gasteiger charge is -2.26. The van der Waals surface area contributed by atoms with Crippen LogP contribution in [0.15, 0.2) is 43.0 Å². The Kier molecular flexibility index (Phi) is 6.66. The number of amides is 1. The number of alkyl halides is 3. The van der Waals surface area contributed by atoms with E-state index in [-0.39, 0.29) is 12.3 Å². The van der Waals surface area contributed by atoms with E-state index in [2.05, 4.69) is 17.2 Å². The summed E-state index contributed by atoms with van der Waals surface area (Å²) < 4.78 is -1.63. The van der Waals surface area contributed by atoms with Crippen LogP contribution in [0.4, 0.5) is 0 Å². The van der Waals surface area contributed by atoms with Crippen molar-refractivity contribution in [1.29, 1.82) is 0 Å². The summed E-state index contributed by atoms with van der Waals surface area (Å²) in [5, 5.41) is 5.53. The minimum atomic E-state index is -1.63. The highest BCUT2D eigenvalue weighted by atomic mass is 35.6. The minimum absolute atomic E-state index is 0.223. The number of nitrogens with one attached hydrogen (secondary N) is 2. The zero-order chi connectivity index (χ0) is 14.3. The standard InChI is InChI=1S/C13H15Cl3N2O/c1-2-8-17-12(13(14,15)16)18-11(19)9-10-6-4-3-5-7-10/h2-7,12,17H,1,8-9H2,(H,18,19)/t12-/m1/s1. The van der Waals surface area contributed by atoms with E-state index in [0.29, 0.717) is 6.54 Å². The van der Waals surface area contributed by atoms with E-state index >= 15 is 0 Å². The molecule has 1 rings (SSSR count). The fourth-order valence-electron chi connectivity index (χ4n) is 1.44. The highest BCUT2D eigenvalue weighted by Crippen LogP contribution is 2.29. The van der Waals surface area contributed by atoms with Crippen LogP contribution in [0.25, 0.3) is 0 Å². The molecule has 104 valence electrons. The number of hydrogen-bond donors (Lipinski definition) is 2. The highest BCUT2D eigenvalue weighted by molar-refractivity contribution is 6.68. The smallest absolute Gasteiger partial charge is 0.225 e. The molecule has 2 N–H and O–H groups in total. The van der Waals surface area contributed by atoms with Gasteiger partial charge in [0.25, 0.3) is 0 Å². The molecule has 1 aromatic rings. The molecule has 3 nitrogen and oxygen atoms in total. The monoisotopic (exact) mass is 320 g/mol. The Balaban J connectivity index is 2.58. The van der Waals surface area contributed by atoms with Crippen molar-refractivity contribution in [3.8, 4) is 0 Å². The van der Waals surface area contributed by atoms with Crippen molar-refractivity contribution in [1.82, 2.24) is 10.6 Å². The number of rotatable bonds is 6. The number of benzene rings is 1. The molecule has 6 heteroatoms. The van der Waals surface area contributed by atoms with Gasteiger partial charge in [0.15, 0.2) is 0 Å². The predicted molar refractivity (Wildman–Crippen MR) is 80.6 cm³/mol. The molecule has 0 spiro atoms. The Morgan fingerprint density at radius 1 is 1.32 bits per heavy atom. The Bertz CT molecular complexity index is 418. The molecule has 0 saturated carbocycles. The molecule has 0 heterocycles. The van der Waals surface area contributed by atoms with Crippen LogP contribution in [-0.2, 0) is 11.2 Å². The molecule has 0 aliphatic heterocycles. The van der Waals surface area contributed by atoms with Gasteiger partial charge < -0.3 is 5.32 Å². The molecule has 0 fully saturated rings. The summed E-state index contributed by atoms with van der Waals surface area (Å²) >= 11 is 17.4. The van der Waals surface area contributed by atoms with Crippen LogP contribution in [-0.4, -0.2) is 22.4 Å². The van der Waals surface area contributed by atoms with Crippen molar-refractivity contribution in [2.24, 2.45) is 0 Å². The van der Waals surface area contributed by atoms with Gasteiger partial charge in [-0.25, -0.2) is 0 Å². The molecule has 0 aliphatic rings. The number of carbonyl (C=O) groups excluding carboxylic acids is 1. The van der Waals surface area contributed by atoms with Crippen LogP contribution in [0.5, 0.6) is 0 Å². The van der Waals surface area contributed by atoms with E-state index in [1.807, 2.05) is 30.3 Å². The molecule has 0 aliphatic carbocycles. The van der Waals surface area contributed by atoms with Crippen molar-refractivity contribution in [2.45, 2.75) is 16.4 Å². The van der Waals surface area contributed by atoms with E-state index in [0.717, 1.165) is 5.56 Å². The first-order valence-corrected chi connectivity index (χ1v) is 6.81. The lowest BCUT2D eigenvalue weighted by molar-refractivity contribution is -0.121. The normalized spacial score (nSPS) is 12.8. The van der Waals surface area contributed by atoms with Crippen molar-refractivity contribution in [2.75, 3.05) is 6.54 Å². The van der Waals surface area contributed by atoms with Gasteiger partial charge >= 0.3 is 0 Å². The number of hydrogen-bond acceptors (Lipinski definition) is 2. The van der Waals surface area contributed by atoms with Crippen LogP contribution in [0.3, 0.4) is 0 Å². The molecule has 0 bridgehead atoms. The van der Waals surface area contributed by atoms with E-state index in [4.69, 9.17) is 34.8 Å². The van der Waals surface area contributed by atoms with E-state index in [1.165, 1.54) is 0 Å². The maximum absolute atomic E-state index is 11.9. The Morgan fingerprint density at radius 2 is 1.95 bits per heavy atom. The van der Waals surface area contributed by atoms with E-state index in [9.17, 15) is 4.79 Å². The molecule has 0 aromatic heterocycles. The van der Waals surface area contributed by atoms with Gasteiger partial charge in [0, 0.05) is 6.54 Å². The summed E-state index contributed by atoms with van der Waals surface area (Å²) in [6, 6.07) is 9.34. The maximum atomic E-state index is 11.9. The molecule has 0 radical (unpaired) electrons. The van der Waals surface area contributed by atoms with Crippen molar-refractivity contribution in [3.05, 3.63) is 48.6 Å². The van der Waals surface area contributed by atoms with Crippen LogP contribution in [0, 0.1) is 0 Å². The van der Waals surface area contributed by atoms with Gasteiger partial charge in [-0.2, -0.15) is 0 Å². The summed E-state index contributed by atoms with van der Waals surface area (Å²) in [7, 11) is 0. The summed E-state index contributed by atoms with van der Waals surface area (Å²) in [5.41, 5.74) is 0.895. The quantitative estimate of drug-likeness (QED) is 0.480. The first-order valence-electron chi connectivity index (χ1n) is 5.67. The van der Waals surface area contributed by atoms with E-state index < -0.39 is 9.96 Å². The van der Waals surface area contributed by atoms with Gasteiger partial charge in [-0.1, -0.05) is 71.2 Å². The number of halogens is 3. The summed E-state index contributed by atoms with van der Waals surface area (Å²) in [4.78, 5) is 11.9. The van der Waals surface area contributed by atoms with Crippen LogP contribution in [0.1, 0.15) is 5.56 Å². The maximum Gasteiger partial charge on any atom is 0.225 e. The van der Waals surface area contributed by atoms with Gasteiger partial charge in [0.05, 0.1) is 6.42 Å². The van der Waals surface area contributed by atoms with Gasteiger partial charge in [0.2, 0.25) is 9.70 Å². The first kappa shape index (κ1) is 16.3. The molecule has 1 atom stereocenters. The van der Waals surface area contributed by atoms with Crippen LogP contribution >= 0.6 is 34.8 Å². The zero-order valence-corrected chi connectivity index (χ0v) is 12.5. The van der Waals surface area contributed by atoms with Gasteiger partial charge in [-0.3, -0.25) is 10.1 Å². The SMILES string of the molecule is C=CCN[C@H](NC(=O)Cc1ccccc1)C(Cl)(Cl)Cl. The zero-order valence-electron chi connectivity index (χ0n) is 10.2. The fourth-order valence-corrected chi connectivity index (χ4v) is 1.84. The lowest BCUT2D eigenvalue weighted by Crippen LogP contribution is -2.53. The molecule has 1 amide bonds. The van der Waals surface area contributed by atoms with E-state index in [1.54, 1.807) is 6.08 Å². The topological polar surface area (TPSA) is 41.1 Å². The molecule has 19 heavy (non-hydrogen) atoms. The third kappa shape index (κ3) is 6.30. The third-order valence-electron chi connectivity index (χ3n) is 2.31. The van der Waals surface area contributed by atoms with Gasteiger partial charge in [-0.05, 0) is 5.56 Å². The second kappa shape index (κ2) is 7.75. The molecular formula is C13H15Cl3N2O. The Morgan fingerprint density at radius 3 is 2.47 bits per heavy atom. The largest absolute Gasteiger partial charge is 0.336 e. The second-order valence-corrected chi connectivity index (χ2v) is 6.27. The minimum Gasteiger partial charge on any atom is -0.336 e. The molecule has 1 aromatic carbocycles. The van der Waals surface area contributed by atoms with Crippen LogP contribution in [0.2, 0.25) is 0 Å². The van der Waals surface area contributed by atoms with Crippen LogP contribution < -0.4 is 10.6 Å². The Labute approximate surface area is 127 Å². The first-order chi connectivity index (χ1) is 8.93.